The van der Waals surface area contributed by atoms with Crippen LogP contribution in [0.5, 0.6) is 0 Å². The minimum Gasteiger partial charge on any atom is -0.242 e. The summed E-state index contributed by atoms with van der Waals surface area (Å²) in [6, 6.07) is 5.39. The van der Waals surface area contributed by atoms with Crippen LogP contribution in [0.25, 0.3) is 0 Å². The Morgan fingerprint density at radius 2 is 1.28 bits per heavy atom. The van der Waals surface area contributed by atoms with Crippen LogP contribution >= 0.6 is 7.92 Å². The van der Waals surface area contributed by atoms with Crippen molar-refractivity contribution in [3.05, 3.63) is 83.7 Å². The van der Waals surface area contributed by atoms with Gasteiger partial charge in [0.15, 0.2) is 0 Å². The van der Waals surface area contributed by atoms with Gasteiger partial charge in [0.25, 0.3) is 0 Å². The minimum atomic E-state index is -2.05. The zero-order valence-corrected chi connectivity index (χ0v) is 13.5. The monoisotopic (exact) mass is 372 g/mol. The molecule has 0 N–H and O–H groups in total. The van der Waals surface area contributed by atoms with Crippen LogP contribution < -0.4 is 10.6 Å². The molecule has 3 rings (SSSR count). The Bertz CT molecular complexity index is 809. The lowest BCUT2D eigenvalue weighted by Gasteiger charge is -2.29. The molecule has 0 saturated carbocycles. The molecule has 0 spiro atoms. The molecule has 0 amide bonds. The van der Waals surface area contributed by atoms with Gasteiger partial charge in [-0.2, -0.15) is 0 Å². The van der Waals surface area contributed by atoms with Crippen molar-refractivity contribution in [1.29, 1.82) is 0 Å². The molecule has 2 aromatic carbocycles. The third-order valence-corrected chi connectivity index (χ3v) is 6.55. The van der Waals surface area contributed by atoms with Crippen LogP contribution in [0.15, 0.2) is 60.5 Å². The lowest BCUT2D eigenvalue weighted by atomic mass is 10.1. The van der Waals surface area contributed by atoms with Gasteiger partial charge >= 0.3 is 0 Å². The highest BCUT2D eigenvalue weighted by Gasteiger charge is 2.34. The Balaban J connectivity index is 2.16. The van der Waals surface area contributed by atoms with Crippen LogP contribution in [0.4, 0.5) is 26.3 Å². The molecule has 1 aliphatic carbocycles. The topological polar surface area (TPSA) is 0 Å². The molecule has 25 heavy (non-hydrogen) atoms. The van der Waals surface area contributed by atoms with E-state index >= 15 is 0 Å². The zero-order chi connectivity index (χ0) is 18.1. The van der Waals surface area contributed by atoms with E-state index in [2.05, 4.69) is 0 Å². The van der Waals surface area contributed by atoms with Gasteiger partial charge in [-0.3, -0.25) is 0 Å². The summed E-state index contributed by atoms with van der Waals surface area (Å²) < 4.78 is 82.7. The van der Waals surface area contributed by atoms with Gasteiger partial charge in [0.1, 0.15) is 35.3 Å². The van der Waals surface area contributed by atoms with Crippen molar-refractivity contribution in [2.24, 2.45) is 0 Å². The molecule has 1 aliphatic rings. The second-order valence-corrected chi connectivity index (χ2v) is 7.71. The highest BCUT2D eigenvalue weighted by Crippen LogP contribution is 2.46. The predicted octanol–water partition coefficient (Wildman–Crippen LogP) is 4.81. The van der Waals surface area contributed by atoms with E-state index in [1.54, 1.807) is 0 Å². The van der Waals surface area contributed by atoms with E-state index < -0.39 is 48.8 Å². The highest BCUT2D eigenvalue weighted by atomic mass is 31.1. The van der Waals surface area contributed by atoms with Gasteiger partial charge in [0.05, 0.1) is 0 Å². The smallest absolute Gasteiger partial charge is 0.134 e. The largest absolute Gasteiger partial charge is 0.242 e. The van der Waals surface area contributed by atoms with Gasteiger partial charge in [-0.1, -0.05) is 6.08 Å². The van der Waals surface area contributed by atoms with E-state index in [0.717, 1.165) is 30.3 Å². The molecule has 0 nitrogen and oxygen atoms in total. The number of halogens is 6. The Labute approximate surface area is 141 Å². The van der Waals surface area contributed by atoms with E-state index in [1.807, 2.05) is 0 Å². The highest BCUT2D eigenvalue weighted by molar-refractivity contribution is 7.73. The van der Waals surface area contributed by atoms with Crippen LogP contribution in [0.3, 0.4) is 0 Å². The van der Waals surface area contributed by atoms with Crippen molar-refractivity contribution in [3.8, 4) is 0 Å². The maximum Gasteiger partial charge on any atom is 0.134 e. The Morgan fingerprint density at radius 1 is 0.760 bits per heavy atom. The molecule has 2 atom stereocenters. The van der Waals surface area contributed by atoms with Gasteiger partial charge in [-0.05, 0) is 44.3 Å². The fourth-order valence-corrected chi connectivity index (χ4v) is 5.23. The number of rotatable bonds is 3. The van der Waals surface area contributed by atoms with E-state index in [4.69, 9.17) is 0 Å². The molecule has 130 valence electrons. The van der Waals surface area contributed by atoms with Gasteiger partial charge in [0.2, 0.25) is 0 Å². The van der Waals surface area contributed by atoms with E-state index in [0.29, 0.717) is 18.2 Å². The number of benzene rings is 2. The van der Waals surface area contributed by atoms with Crippen LogP contribution in [0, 0.1) is 23.3 Å². The quantitative estimate of drug-likeness (QED) is 0.536. The third kappa shape index (κ3) is 3.64. The number of allylic oxidation sites excluding steroid dienone is 4. The number of alkyl halides is 1. The molecule has 0 bridgehead atoms. The van der Waals surface area contributed by atoms with E-state index in [1.165, 1.54) is 6.08 Å². The van der Waals surface area contributed by atoms with E-state index in [9.17, 15) is 26.3 Å². The Hall–Kier alpha value is -2.07. The van der Waals surface area contributed by atoms with Gasteiger partial charge in [0, 0.05) is 28.4 Å². The maximum absolute atomic E-state index is 14.4. The molecule has 0 aromatic heterocycles. The second-order valence-electron chi connectivity index (χ2n) is 5.41. The molecular formula is C18H11F6P. The Morgan fingerprint density at radius 3 is 1.72 bits per heavy atom. The lowest BCUT2D eigenvalue weighted by molar-refractivity contribution is 0.398. The fraction of sp³-hybridized carbons (Fsp3) is 0.111. The van der Waals surface area contributed by atoms with Crippen molar-refractivity contribution in [1.82, 2.24) is 0 Å². The maximum atomic E-state index is 14.4. The first-order valence-electron chi connectivity index (χ1n) is 7.26. The first-order chi connectivity index (χ1) is 11.9. The third-order valence-electron chi connectivity index (χ3n) is 3.73. The summed E-state index contributed by atoms with van der Waals surface area (Å²) in [6.45, 7) is 0. The molecule has 2 unspecified atom stereocenters. The summed E-state index contributed by atoms with van der Waals surface area (Å²) in [4.78, 5) is 0. The Kier molecular flexibility index (Phi) is 5.00. The summed E-state index contributed by atoms with van der Waals surface area (Å²) in [5.41, 5.74) is -1.07. The molecular weight excluding hydrogens is 361 g/mol. The summed E-state index contributed by atoms with van der Waals surface area (Å²) in [6.07, 6.45) is 1.09. The van der Waals surface area contributed by atoms with Gasteiger partial charge in [-0.25, -0.2) is 26.3 Å². The molecule has 0 radical (unpaired) electrons. The van der Waals surface area contributed by atoms with Crippen molar-refractivity contribution in [2.45, 2.75) is 11.8 Å². The average Bonchev–Trinajstić information content (AvgIpc) is 2.52. The van der Waals surface area contributed by atoms with Gasteiger partial charge in [-0.15, -0.1) is 0 Å². The standard InChI is InChI=1S/C18H11F6P/c19-10-1-4-16(13(22)7-10)25(17-5-2-11(20)8-14(17)23)18-6-3-12(21)9-15(18)24/h1-9,13,16H. The van der Waals surface area contributed by atoms with Crippen LogP contribution in [0.2, 0.25) is 0 Å². The van der Waals surface area contributed by atoms with Crippen LogP contribution in [0.1, 0.15) is 0 Å². The van der Waals surface area contributed by atoms with Crippen molar-refractivity contribution >= 4 is 18.5 Å². The van der Waals surface area contributed by atoms with Gasteiger partial charge < -0.3 is 0 Å². The summed E-state index contributed by atoms with van der Waals surface area (Å²) in [7, 11) is -2.05. The first kappa shape index (κ1) is 17.7. The van der Waals surface area contributed by atoms with Crippen molar-refractivity contribution < 1.29 is 26.3 Å². The summed E-state index contributed by atoms with van der Waals surface area (Å²) in [5.74, 6) is -4.40. The average molecular weight is 372 g/mol. The molecule has 0 saturated heterocycles. The molecule has 0 heterocycles. The molecule has 0 aliphatic heterocycles. The van der Waals surface area contributed by atoms with E-state index in [-0.39, 0.29) is 10.6 Å². The minimum absolute atomic E-state index is 0.102. The normalized spacial score (nSPS) is 20.0. The number of hydrogen-bond acceptors (Lipinski definition) is 0. The zero-order valence-electron chi connectivity index (χ0n) is 12.6. The molecule has 2 aromatic rings. The molecule has 0 fully saturated rings. The fourth-order valence-electron chi connectivity index (χ4n) is 2.64. The second kappa shape index (κ2) is 7.04. The summed E-state index contributed by atoms with van der Waals surface area (Å²) >= 11 is 0. The predicted molar refractivity (Wildman–Crippen MR) is 85.9 cm³/mol. The number of hydrogen-bond donors (Lipinski definition) is 0. The van der Waals surface area contributed by atoms with Crippen molar-refractivity contribution in [3.63, 3.8) is 0 Å². The molecule has 7 heteroatoms. The lowest BCUT2D eigenvalue weighted by Crippen LogP contribution is -2.31. The van der Waals surface area contributed by atoms with Crippen LogP contribution in [-0.2, 0) is 0 Å². The van der Waals surface area contributed by atoms with Crippen molar-refractivity contribution in [2.75, 3.05) is 0 Å². The summed E-state index contributed by atoms with van der Waals surface area (Å²) in [5, 5.41) is -0.204. The van der Waals surface area contributed by atoms with Crippen LogP contribution in [-0.4, -0.2) is 11.8 Å². The SMILES string of the molecule is FC1=CC(F)C(P(c2ccc(F)cc2F)c2ccc(F)cc2F)C=C1. The first-order valence-corrected chi connectivity index (χ1v) is 8.67.